The molecule has 0 saturated carbocycles. The van der Waals surface area contributed by atoms with Gasteiger partial charge in [-0.25, -0.2) is 9.59 Å². The van der Waals surface area contributed by atoms with E-state index in [2.05, 4.69) is 5.32 Å². The first kappa shape index (κ1) is 22.7. The summed E-state index contributed by atoms with van der Waals surface area (Å²) < 4.78 is 10.5. The third-order valence-electron chi connectivity index (χ3n) is 4.31. The van der Waals surface area contributed by atoms with Gasteiger partial charge in [0.05, 0.1) is 0 Å². The van der Waals surface area contributed by atoms with E-state index < -0.39 is 23.9 Å². The molecule has 2 aromatic carbocycles. The summed E-state index contributed by atoms with van der Waals surface area (Å²) in [7, 11) is 1.46. The van der Waals surface area contributed by atoms with Gasteiger partial charge in [-0.2, -0.15) is 0 Å². The van der Waals surface area contributed by atoms with E-state index in [4.69, 9.17) is 15.2 Å². The highest BCUT2D eigenvalue weighted by Gasteiger charge is 2.31. The van der Waals surface area contributed by atoms with Crippen LogP contribution in [0.4, 0.5) is 16.2 Å². The number of aliphatic carboxylic acids is 1. The molecule has 2 rings (SSSR count). The van der Waals surface area contributed by atoms with Crippen molar-refractivity contribution in [2.24, 2.45) is 5.73 Å². The number of carboxylic acid groups (broad SMARTS) is 1. The van der Waals surface area contributed by atoms with Crippen molar-refractivity contribution in [1.82, 2.24) is 0 Å². The molecule has 0 aliphatic rings. The third kappa shape index (κ3) is 6.21. The summed E-state index contributed by atoms with van der Waals surface area (Å²) in [6.07, 6.45) is 0.0866. The van der Waals surface area contributed by atoms with Crippen molar-refractivity contribution in [2.75, 3.05) is 30.5 Å². The molecule has 0 radical (unpaired) electrons. The quantitative estimate of drug-likeness (QED) is 0.546. The van der Waals surface area contributed by atoms with Crippen molar-refractivity contribution >= 4 is 29.3 Å². The Balaban J connectivity index is 2.34. The monoisotopic (exact) mass is 415 g/mol. The van der Waals surface area contributed by atoms with E-state index in [1.165, 1.54) is 12.0 Å². The lowest BCUT2D eigenvalue weighted by molar-refractivity contribution is -0.140. The SMILES string of the molecule is COCCC(C(=O)O)N(C(=O)COc1ccccc1)c1ccc(NC(N)=O)c(C)c1. The topological polar surface area (TPSA) is 131 Å². The number of hydrogen-bond donors (Lipinski definition) is 3. The number of methoxy groups -OCH3 is 1. The Morgan fingerprint density at radius 3 is 2.43 bits per heavy atom. The van der Waals surface area contributed by atoms with Gasteiger partial charge in [-0.05, 0) is 42.8 Å². The summed E-state index contributed by atoms with van der Waals surface area (Å²) in [6.45, 7) is 1.52. The maximum absolute atomic E-state index is 13.0. The van der Waals surface area contributed by atoms with Crippen LogP contribution in [0.25, 0.3) is 0 Å². The molecule has 0 aromatic heterocycles. The lowest BCUT2D eigenvalue weighted by Crippen LogP contribution is -2.48. The number of primary amides is 1. The zero-order valence-electron chi connectivity index (χ0n) is 16.8. The van der Waals surface area contributed by atoms with Crippen LogP contribution >= 0.6 is 0 Å². The Labute approximate surface area is 174 Å². The molecule has 30 heavy (non-hydrogen) atoms. The lowest BCUT2D eigenvalue weighted by atomic mass is 10.1. The fraction of sp³-hybridized carbons (Fsp3) is 0.286. The van der Waals surface area contributed by atoms with Gasteiger partial charge in [-0.1, -0.05) is 18.2 Å². The fourth-order valence-electron chi connectivity index (χ4n) is 2.89. The molecule has 9 heteroatoms. The average Bonchev–Trinajstić information content (AvgIpc) is 2.71. The number of nitrogens with one attached hydrogen (secondary N) is 1. The van der Waals surface area contributed by atoms with Gasteiger partial charge >= 0.3 is 12.0 Å². The molecule has 2 aromatic rings. The van der Waals surface area contributed by atoms with E-state index in [0.717, 1.165) is 0 Å². The second kappa shape index (κ2) is 10.8. The molecule has 9 nitrogen and oxygen atoms in total. The number of carbonyl (C=O) groups excluding carboxylic acids is 2. The van der Waals surface area contributed by atoms with Crippen LogP contribution in [-0.2, 0) is 14.3 Å². The minimum atomic E-state index is -1.17. The smallest absolute Gasteiger partial charge is 0.326 e. The number of nitrogens with two attached hydrogens (primary N) is 1. The summed E-state index contributed by atoms with van der Waals surface area (Å²) in [5, 5.41) is 12.2. The number of benzene rings is 2. The standard InChI is InChI=1S/C21H25N3O6/c1-14-12-15(8-9-17(14)23-21(22)28)24(18(20(26)27)10-11-29-2)19(25)13-30-16-6-4-3-5-7-16/h3-9,12,18H,10-11,13H2,1-2H3,(H,26,27)(H3,22,23,28). The van der Waals surface area contributed by atoms with E-state index in [1.54, 1.807) is 49.4 Å². The Kier molecular flexibility index (Phi) is 8.18. The molecule has 0 heterocycles. The molecule has 4 N–H and O–H groups in total. The van der Waals surface area contributed by atoms with Crippen molar-refractivity contribution in [3.63, 3.8) is 0 Å². The number of nitrogens with zero attached hydrogens (tertiary/aromatic N) is 1. The maximum Gasteiger partial charge on any atom is 0.326 e. The highest BCUT2D eigenvalue weighted by Crippen LogP contribution is 2.26. The van der Waals surface area contributed by atoms with Gasteiger partial charge in [0.25, 0.3) is 5.91 Å². The van der Waals surface area contributed by atoms with E-state index in [-0.39, 0.29) is 19.6 Å². The van der Waals surface area contributed by atoms with E-state index in [9.17, 15) is 19.5 Å². The highest BCUT2D eigenvalue weighted by molar-refractivity contribution is 6.00. The zero-order chi connectivity index (χ0) is 22.1. The van der Waals surface area contributed by atoms with E-state index in [1.807, 2.05) is 6.07 Å². The molecule has 3 amide bonds. The van der Waals surface area contributed by atoms with Crippen molar-refractivity contribution < 1.29 is 29.0 Å². The minimum absolute atomic E-state index is 0.0866. The summed E-state index contributed by atoms with van der Waals surface area (Å²) in [4.78, 5) is 37.2. The normalized spacial score (nSPS) is 11.4. The Morgan fingerprint density at radius 1 is 1.17 bits per heavy atom. The molecule has 0 aliphatic heterocycles. The number of carbonyl (C=O) groups is 3. The summed E-state index contributed by atoms with van der Waals surface area (Å²) >= 11 is 0. The molecule has 0 fully saturated rings. The molecule has 0 saturated heterocycles. The number of aryl methyl sites for hydroxylation is 1. The number of hydrogen-bond acceptors (Lipinski definition) is 5. The average molecular weight is 415 g/mol. The van der Waals surface area contributed by atoms with Gasteiger partial charge < -0.3 is 25.6 Å². The van der Waals surface area contributed by atoms with Crippen LogP contribution in [0.5, 0.6) is 5.75 Å². The molecular formula is C21H25N3O6. The summed E-state index contributed by atoms with van der Waals surface area (Å²) in [6, 6.07) is 11.6. The van der Waals surface area contributed by atoms with Crippen LogP contribution in [0, 0.1) is 6.92 Å². The van der Waals surface area contributed by atoms with Crippen LogP contribution in [-0.4, -0.2) is 49.4 Å². The fourth-order valence-corrected chi connectivity index (χ4v) is 2.89. The molecule has 160 valence electrons. The predicted molar refractivity (Wildman–Crippen MR) is 112 cm³/mol. The van der Waals surface area contributed by atoms with Crippen molar-refractivity contribution in [3.8, 4) is 5.75 Å². The van der Waals surface area contributed by atoms with Crippen LogP contribution in [0.2, 0.25) is 0 Å². The third-order valence-corrected chi connectivity index (χ3v) is 4.31. The first-order chi connectivity index (χ1) is 14.3. The molecule has 0 bridgehead atoms. The Morgan fingerprint density at radius 2 is 1.87 bits per heavy atom. The molecule has 1 unspecified atom stereocenters. The first-order valence-corrected chi connectivity index (χ1v) is 9.22. The van der Waals surface area contributed by atoms with Crippen molar-refractivity contribution in [1.29, 1.82) is 0 Å². The number of anilines is 2. The maximum atomic E-state index is 13.0. The van der Waals surface area contributed by atoms with Crippen LogP contribution in [0.1, 0.15) is 12.0 Å². The number of ether oxygens (including phenoxy) is 2. The van der Waals surface area contributed by atoms with Crippen LogP contribution < -0.4 is 20.7 Å². The second-order valence-electron chi connectivity index (χ2n) is 6.49. The van der Waals surface area contributed by atoms with Gasteiger partial charge in [0.15, 0.2) is 6.61 Å². The van der Waals surface area contributed by atoms with Crippen molar-refractivity contribution in [2.45, 2.75) is 19.4 Å². The molecule has 1 atom stereocenters. The number of amides is 3. The number of para-hydroxylation sites is 1. The van der Waals surface area contributed by atoms with Crippen LogP contribution in [0.15, 0.2) is 48.5 Å². The highest BCUT2D eigenvalue weighted by atomic mass is 16.5. The summed E-state index contributed by atoms with van der Waals surface area (Å²) in [5.74, 6) is -1.21. The van der Waals surface area contributed by atoms with Gasteiger partial charge in [0.2, 0.25) is 0 Å². The number of urea groups is 1. The second-order valence-corrected chi connectivity index (χ2v) is 6.49. The Bertz CT molecular complexity index is 888. The zero-order valence-corrected chi connectivity index (χ0v) is 16.8. The number of carboxylic acids is 1. The first-order valence-electron chi connectivity index (χ1n) is 9.22. The Hall–Kier alpha value is -3.59. The van der Waals surface area contributed by atoms with E-state index >= 15 is 0 Å². The van der Waals surface area contributed by atoms with Crippen molar-refractivity contribution in [3.05, 3.63) is 54.1 Å². The van der Waals surface area contributed by atoms with Crippen LogP contribution in [0.3, 0.4) is 0 Å². The van der Waals surface area contributed by atoms with Gasteiger partial charge in [0, 0.05) is 31.5 Å². The van der Waals surface area contributed by atoms with E-state index in [0.29, 0.717) is 22.7 Å². The van der Waals surface area contributed by atoms with Gasteiger partial charge in [-0.15, -0.1) is 0 Å². The minimum Gasteiger partial charge on any atom is -0.484 e. The predicted octanol–water partition coefficient (Wildman–Crippen LogP) is 2.39. The van der Waals surface area contributed by atoms with Gasteiger partial charge in [-0.3, -0.25) is 9.69 Å². The largest absolute Gasteiger partial charge is 0.484 e. The molecular weight excluding hydrogens is 390 g/mol. The summed E-state index contributed by atoms with van der Waals surface area (Å²) in [5.41, 5.74) is 6.58. The lowest BCUT2D eigenvalue weighted by Gasteiger charge is -2.29. The molecule has 0 spiro atoms. The molecule has 0 aliphatic carbocycles. The van der Waals surface area contributed by atoms with Gasteiger partial charge in [0.1, 0.15) is 11.8 Å². The number of rotatable bonds is 10.